The first-order valence-corrected chi connectivity index (χ1v) is 6.01. The maximum atomic E-state index is 8.85. The molecule has 19 heavy (non-hydrogen) atoms. The van der Waals surface area contributed by atoms with Crippen LogP contribution in [0.2, 0.25) is 5.02 Å². The molecule has 2 rings (SSSR count). The molecule has 0 spiro atoms. The fourth-order valence-corrected chi connectivity index (χ4v) is 1.62. The monoisotopic (exact) mass is 274 g/mol. The number of anilines is 1. The molecule has 0 aliphatic carbocycles. The molecule has 0 aliphatic heterocycles. The van der Waals surface area contributed by atoms with Gasteiger partial charge in [0.15, 0.2) is 11.5 Å². The maximum absolute atomic E-state index is 8.85. The van der Waals surface area contributed by atoms with E-state index < -0.39 is 0 Å². The first-order chi connectivity index (χ1) is 9.29. The Morgan fingerprint density at radius 2 is 2.16 bits per heavy atom. The topological polar surface area (TPSA) is 70.8 Å². The van der Waals surface area contributed by atoms with Crippen LogP contribution in [0.1, 0.15) is 5.69 Å². The van der Waals surface area contributed by atoms with Crippen LogP contribution in [0.5, 0.6) is 5.75 Å². The lowest BCUT2D eigenvalue weighted by Gasteiger charge is -2.08. The number of aromatic nitrogens is 2. The van der Waals surface area contributed by atoms with Crippen LogP contribution in [-0.4, -0.2) is 23.1 Å². The van der Waals surface area contributed by atoms with Gasteiger partial charge in [0, 0.05) is 17.4 Å². The van der Waals surface area contributed by atoms with E-state index in [1.165, 1.54) is 12.4 Å². The number of nitriles is 1. The van der Waals surface area contributed by atoms with Gasteiger partial charge in [-0.25, -0.2) is 9.97 Å². The molecular weight excluding hydrogens is 264 g/mol. The van der Waals surface area contributed by atoms with Crippen molar-refractivity contribution in [2.24, 2.45) is 0 Å². The molecule has 2 aromatic rings. The van der Waals surface area contributed by atoms with E-state index in [0.717, 1.165) is 0 Å². The van der Waals surface area contributed by atoms with E-state index >= 15 is 0 Å². The fourth-order valence-electron chi connectivity index (χ4n) is 1.44. The second kappa shape index (κ2) is 6.57. The van der Waals surface area contributed by atoms with Crippen LogP contribution in [-0.2, 0) is 0 Å². The molecule has 1 aromatic heterocycles. The zero-order chi connectivity index (χ0) is 13.5. The quantitative estimate of drug-likeness (QED) is 0.848. The zero-order valence-corrected chi connectivity index (χ0v) is 10.8. The predicted octanol–water partition coefficient (Wildman–Crippen LogP) is 2.49. The summed E-state index contributed by atoms with van der Waals surface area (Å²) < 4.78 is 5.50. The number of hydrogen-bond acceptors (Lipinski definition) is 5. The summed E-state index contributed by atoms with van der Waals surface area (Å²) in [6.45, 7) is 0.946. The second-order valence-electron chi connectivity index (χ2n) is 3.60. The predicted molar refractivity (Wildman–Crippen MR) is 72.2 cm³/mol. The Hall–Kier alpha value is -2.32. The average Bonchev–Trinajstić information content (AvgIpc) is 2.44. The van der Waals surface area contributed by atoms with Crippen LogP contribution in [0.4, 0.5) is 5.82 Å². The van der Waals surface area contributed by atoms with Gasteiger partial charge >= 0.3 is 0 Å². The van der Waals surface area contributed by atoms with Gasteiger partial charge in [0.2, 0.25) is 0 Å². The van der Waals surface area contributed by atoms with E-state index in [1.54, 1.807) is 12.1 Å². The largest absolute Gasteiger partial charge is 0.492 e. The maximum Gasteiger partial charge on any atom is 0.182 e. The first-order valence-electron chi connectivity index (χ1n) is 5.63. The van der Waals surface area contributed by atoms with Crippen molar-refractivity contribution in [3.05, 3.63) is 47.4 Å². The van der Waals surface area contributed by atoms with Gasteiger partial charge in [-0.05, 0) is 18.2 Å². The van der Waals surface area contributed by atoms with Crippen molar-refractivity contribution in [1.82, 2.24) is 9.97 Å². The highest BCUT2D eigenvalue weighted by Gasteiger charge is 2.02. The lowest BCUT2D eigenvalue weighted by Crippen LogP contribution is -2.13. The molecule has 0 aliphatic rings. The molecule has 0 amide bonds. The molecular formula is C13H11ClN4O. The Labute approximate surface area is 115 Å². The van der Waals surface area contributed by atoms with Crippen LogP contribution >= 0.6 is 11.6 Å². The van der Waals surface area contributed by atoms with E-state index in [-0.39, 0.29) is 5.69 Å². The number of halogens is 1. The Bertz CT molecular complexity index is 597. The van der Waals surface area contributed by atoms with Gasteiger partial charge in [-0.15, -0.1) is 0 Å². The van der Waals surface area contributed by atoms with Crippen molar-refractivity contribution in [2.45, 2.75) is 0 Å². The lowest BCUT2D eigenvalue weighted by atomic mass is 10.3. The third-order valence-corrected chi connectivity index (χ3v) is 2.50. The number of nitrogens with zero attached hydrogens (tertiary/aromatic N) is 3. The molecule has 6 heteroatoms. The molecule has 1 heterocycles. The third-order valence-electron chi connectivity index (χ3n) is 2.26. The minimum Gasteiger partial charge on any atom is -0.492 e. The highest BCUT2D eigenvalue weighted by molar-refractivity contribution is 6.30. The van der Waals surface area contributed by atoms with Crippen LogP contribution in [0, 0.1) is 11.3 Å². The number of rotatable bonds is 5. The van der Waals surface area contributed by atoms with Crippen molar-refractivity contribution < 1.29 is 4.74 Å². The normalized spacial score (nSPS) is 9.68. The standard InChI is InChI=1S/C13H11ClN4O/c14-10-2-1-3-11(8-10)19-7-6-18-13-12(9-15)16-4-5-17-13/h1-5,8H,6-7H2,(H,17,18). The van der Waals surface area contributed by atoms with E-state index in [1.807, 2.05) is 18.2 Å². The molecule has 0 saturated heterocycles. The first kappa shape index (κ1) is 13.1. The number of hydrogen-bond donors (Lipinski definition) is 1. The van der Waals surface area contributed by atoms with E-state index in [0.29, 0.717) is 29.7 Å². The molecule has 0 atom stereocenters. The van der Waals surface area contributed by atoms with Crippen molar-refractivity contribution in [3.8, 4) is 11.8 Å². The lowest BCUT2D eigenvalue weighted by molar-refractivity contribution is 0.333. The van der Waals surface area contributed by atoms with Crippen LogP contribution in [0.3, 0.4) is 0 Å². The molecule has 1 aromatic carbocycles. The summed E-state index contributed by atoms with van der Waals surface area (Å²) in [4.78, 5) is 7.94. The minimum absolute atomic E-state index is 0.269. The second-order valence-corrected chi connectivity index (χ2v) is 4.03. The van der Waals surface area contributed by atoms with Gasteiger partial charge in [0.25, 0.3) is 0 Å². The Morgan fingerprint density at radius 1 is 1.32 bits per heavy atom. The highest BCUT2D eigenvalue weighted by atomic mass is 35.5. The summed E-state index contributed by atoms with van der Waals surface area (Å²) in [5, 5.41) is 12.5. The zero-order valence-electron chi connectivity index (χ0n) is 10.0. The van der Waals surface area contributed by atoms with Gasteiger partial charge in [-0.2, -0.15) is 5.26 Å². The van der Waals surface area contributed by atoms with Crippen molar-refractivity contribution in [2.75, 3.05) is 18.5 Å². The smallest absolute Gasteiger partial charge is 0.182 e. The molecule has 0 bridgehead atoms. The summed E-state index contributed by atoms with van der Waals surface area (Å²) in [5.41, 5.74) is 0.269. The summed E-state index contributed by atoms with van der Waals surface area (Å²) in [6, 6.07) is 9.14. The van der Waals surface area contributed by atoms with E-state index in [4.69, 9.17) is 21.6 Å². The SMILES string of the molecule is N#Cc1nccnc1NCCOc1cccc(Cl)c1. The molecule has 5 nitrogen and oxygen atoms in total. The van der Waals surface area contributed by atoms with Crippen LogP contribution in [0.25, 0.3) is 0 Å². The van der Waals surface area contributed by atoms with Gasteiger partial charge in [0.05, 0.1) is 6.54 Å². The summed E-state index contributed by atoms with van der Waals surface area (Å²) in [7, 11) is 0. The molecule has 0 unspecified atom stereocenters. The molecule has 96 valence electrons. The molecule has 1 N–H and O–H groups in total. The number of benzene rings is 1. The molecule has 0 fully saturated rings. The fraction of sp³-hybridized carbons (Fsp3) is 0.154. The van der Waals surface area contributed by atoms with Gasteiger partial charge in [0.1, 0.15) is 18.4 Å². The minimum atomic E-state index is 0.269. The average molecular weight is 275 g/mol. The van der Waals surface area contributed by atoms with Crippen LogP contribution < -0.4 is 10.1 Å². The van der Waals surface area contributed by atoms with Gasteiger partial charge < -0.3 is 10.1 Å². The Balaban J connectivity index is 1.83. The molecule has 0 saturated carbocycles. The van der Waals surface area contributed by atoms with Gasteiger partial charge in [-0.3, -0.25) is 0 Å². The van der Waals surface area contributed by atoms with Gasteiger partial charge in [-0.1, -0.05) is 17.7 Å². The highest BCUT2D eigenvalue weighted by Crippen LogP contribution is 2.16. The van der Waals surface area contributed by atoms with Crippen molar-refractivity contribution in [3.63, 3.8) is 0 Å². The van der Waals surface area contributed by atoms with Crippen LogP contribution in [0.15, 0.2) is 36.7 Å². The summed E-state index contributed by atoms with van der Waals surface area (Å²) >= 11 is 5.84. The Kier molecular flexibility index (Phi) is 4.54. The number of nitrogens with one attached hydrogen (secondary N) is 1. The van der Waals surface area contributed by atoms with Crippen molar-refractivity contribution >= 4 is 17.4 Å². The summed E-state index contributed by atoms with van der Waals surface area (Å²) in [5.74, 6) is 1.16. The molecule has 0 radical (unpaired) electrons. The third kappa shape index (κ3) is 3.83. The van der Waals surface area contributed by atoms with E-state index in [9.17, 15) is 0 Å². The number of ether oxygens (including phenoxy) is 1. The Morgan fingerprint density at radius 3 is 2.95 bits per heavy atom. The summed E-state index contributed by atoms with van der Waals surface area (Å²) in [6.07, 6.45) is 3.01. The van der Waals surface area contributed by atoms with E-state index in [2.05, 4.69) is 15.3 Å². The van der Waals surface area contributed by atoms with Crippen molar-refractivity contribution in [1.29, 1.82) is 5.26 Å².